The predicted octanol–water partition coefficient (Wildman–Crippen LogP) is 7.48. The third-order valence-corrected chi connectivity index (χ3v) is 8.76. The van der Waals surface area contributed by atoms with Gasteiger partial charge in [-0.3, -0.25) is 10.2 Å². The number of aliphatic imine (C=N–C) groups is 1. The minimum absolute atomic E-state index is 0.0344. The Labute approximate surface area is 291 Å². The molecule has 0 radical (unpaired) electrons. The minimum Gasteiger partial charge on any atom is -0.494 e. The van der Waals surface area contributed by atoms with Crippen LogP contribution in [0, 0.1) is 11.6 Å². The molecule has 5 aromatic carbocycles. The third kappa shape index (κ3) is 8.05. The van der Waals surface area contributed by atoms with Crippen molar-refractivity contribution in [1.29, 1.82) is 0 Å². The van der Waals surface area contributed by atoms with Crippen molar-refractivity contribution in [2.45, 2.75) is 31.0 Å². The van der Waals surface area contributed by atoms with E-state index in [4.69, 9.17) is 19.6 Å². The number of hydrazine groups is 1. The first kappa shape index (κ1) is 34.0. The number of nitrogens with zero attached hydrogens (tertiary/aromatic N) is 1. The lowest BCUT2D eigenvalue weighted by atomic mass is 9.82. The molecule has 0 spiro atoms. The second kappa shape index (κ2) is 15.5. The smallest absolute Gasteiger partial charge is 0.266 e. The van der Waals surface area contributed by atoms with Crippen molar-refractivity contribution >= 4 is 27.7 Å². The number of amides is 1. The highest BCUT2D eigenvalue weighted by Gasteiger charge is 2.53. The summed E-state index contributed by atoms with van der Waals surface area (Å²) in [5.41, 5.74) is 8.53. The maximum absolute atomic E-state index is 14.5. The van der Waals surface area contributed by atoms with E-state index in [9.17, 15) is 13.6 Å². The monoisotopic (exact) mass is 725 g/mol. The average Bonchev–Trinajstić information content (AvgIpc) is 3.51. The number of benzene rings is 5. The Bertz CT molecular complexity index is 1910. The number of hydrogen-bond acceptors (Lipinski definition) is 6. The van der Waals surface area contributed by atoms with Crippen LogP contribution in [0.1, 0.15) is 34.8 Å². The lowest BCUT2D eigenvalue weighted by molar-refractivity contribution is -0.130. The number of ether oxygens (including phenoxy) is 2. The van der Waals surface area contributed by atoms with Crippen LogP contribution >= 0.6 is 15.9 Å². The van der Waals surface area contributed by atoms with Crippen LogP contribution in [0.2, 0.25) is 0 Å². The normalized spacial score (nSPS) is 16.9. The highest BCUT2D eigenvalue weighted by atomic mass is 79.9. The van der Waals surface area contributed by atoms with Gasteiger partial charge in [0.05, 0.1) is 6.61 Å². The zero-order chi connectivity index (χ0) is 34.2. The first-order chi connectivity index (χ1) is 23.8. The van der Waals surface area contributed by atoms with Crippen LogP contribution in [0.15, 0.2) is 131 Å². The first-order valence-electron chi connectivity index (χ1n) is 15.8. The van der Waals surface area contributed by atoms with E-state index in [0.717, 1.165) is 38.9 Å². The van der Waals surface area contributed by atoms with Crippen molar-refractivity contribution in [2.24, 2.45) is 4.99 Å². The SMILES string of the molecule is O=C(NNCc1ccc(F)cc1F)[C@@]1(Cc2ccc(Br)cc2)N=C(c2ccc(OCCCO)cc2)O[C@H]1c1ccc(-c2ccccc2)cc1. The largest absolute Gasteiger partial charge is 0.494 e. The van der Waals surface area contributed by atoms with E-state index in [0.29, 0.717) is 24.3 Å². The van der Waals surface area contributed by atoms with Crippen molar-refractivity contribution < 1.29 is 28.2 Å². The van der Waals surface area contributed by atoms with E-state index < -0.39 is 29.2 Å². The van der Waals surface area contributed by atoms with Gasteiger partial charge in [-0.1, -0.05) is 88.7 Å². The molecule has 6 rings (SSSR count). The number of aliphatic hydroxyl groups excluding tert-OH is 1. The Balaban J connectivity index is 1.37. The van der Waals surface area contributed by atoms with Crippen molar-refractivity contribution in [3.05, 3.63) is 160 Å². The summed E-state index contributed by atoms with van der Waals surface area (Å²) in [5, 5.41) is 9.09. The van der Waals surface area contributed by atoms with Gasteiger partial charge in [-0.05, 0) is 64.7 Å². The standard InChI is InChI=1S/C39H34BrF2N3O4/c40-32-16-7-26(8-17-32)24-39(38(47)45-43-25-31-13-18-33(41)23-35(31)42)36(29-11-9-28(10-12-29)27-5-2-1-3-6-27)49-37(44-39)30-14-19-34(20-15-30)48-22-4-21-46/h1-3,5-20,23,36,43,46H,4,21-22,24-25H2,(H,45,47)/t36-,39-/m0/s1. The molecular weight excluding hydrogens is 692 g/mol. The molecule has 1 heterocycles. The average molecular weight is 727 g/mol. The first-order valence-corrected chi connectivity index (χ1v) is 16.6. The Morgan fingerprint density at radius 1 is 0.878 bits per heavy atom. The summed E-state index contributed by atoms with van der Waals surface area (Å²) in [6.45, 7) is 0.324. The molecule has 3 N–H and O–H groups in total. The Morgan fingerprint density at radius 3 is 2.27 bits per heavy atom. The summed E-state index contributed by atoms with van der Waals surface area (Å²) in [6.07, 6.45) is -0.158. The summed E-state index contributed by atoms with van der Waals surface area (Å²) in [7, 11) is 0. The molecule has 7 nitrogen and oxygen atoms in total. The van der Waals surface area contributed by atoms with Crippen LogP contribution in [0.3, 0.4) is 0 Å². The fourth-order valence-corrected chi connectivity index (χ4v) is 5.93. The molecule has 0 unspecified atom stereocenters. The Hall–Kier alpha value is -4.90. The number of carbonyl (C=O) groups excluding carboxylic acids is 1. The van der Waals surface area contributed by atoms with Gasteiger partial charge in [0.1, 0.15) is 17.4 Å². The van der Waals surface area contributed by atoms with Crippen LogP contribution in [-0.2, 0) is 22.5 Å². The third-order valence-electron chi connectivity index (χ3n) is 8.23. The number of halogens is 3. The quantitative estimate of drug-likeness (QED) is 0.0866. The van der Waals surface area contributed by atoms with Crippen molar-refractivity contribution in [2.75, 3.05) is 13.2 Å². The molecule has 0 aliphatic carbocycles. The highest BCUT2D eigenvalue weighted by Crippen LogP contribution is 2.43. The van der Waals surface area contributed by atoms with Crippen LogP contribution in [-0.4, -0.2) is 35.7 Å². The number of rotatable bonds is 13. The van der Waals surface area contributed by atoms with E-state index in [2.05, 4.69) is 26.8 Å². The second-order valence-corrected chi connectivity index (χ2v) is 12.5. The zero-order valence-electron chi connectivity index (χ0n) is 26.4. The lowest BCUT2D eigenvalue weighted by Gasteiger charge is -2.31. The van der Waals surface area contributed by atoms with E-state index in [-0.39, 0.29) is 31.0 Å². The van der Waals surface area contributed by atoms with E-state index in [1.165, 1.54) is 6.07 Å². The van der Waals surface area contributed by atoms with Gasteiger partial charge < -0.3 is 14.6 Å². The van der Waals surface area contributed by atoms with Gasteiger partial charge in [-0.2, -0.15) is 0 Å². The predicted molar refractivity (Wildman–Crippen MR) is 188 cm³/mol. The number of aliphatic hydroxyl groups is 1. The molecule has 1 amide bonds. The Kier molecular flexibility index (Phi) is 10.8. The van der Waals surface area contributed by atoms with Gasteiger partial charge in [0.15, 0.2) is 11.6 Å². The van der Waals surface area contributed by atoms with Crippen molar-refractivity contribution in [1.82, 2.24) is 10.9 Å². The maximum Gasteiger partial charge on any atom is 0.266 e. The van der Waals surface area contributed by atoms with Crippen LogP contribution < -0.4 is 15.6 Å². The Morgan fingerprint density at radius 2 is 1.57 bits per heavy atom. The summed E-state index contributed by atoms with van der Waals surface area (Å²) in [4.78, 5) is 19.5. The summed E-state index contributed by atoms with van der Waals surface area (Å²) in [6, 6.07) is 35.9. The van der Waals surface area contributed by atoms with Crippen molar-refractivity contribution in [3.8, 4) is 16.9 Å². The molecule has 49 heavy (non-hydrogen) atoms. The van der Waals surface area contributed by atoms with E-state index in [1.807, 2.05) is 91.0 Å². The van der Waals surface area contributed by atoms with Gasteiger partial charge in [-0.25, -0.2) is 19.2 Å². The number of carbonyl (C=O) groups is 1. The highest BCUT2D eigenvalue weighted by molar-refractivity contribution is 9.10. The minimum atomic E-state index is -1.50. The fourth-order valence-electron chi connectivity index (χ4n) is 5.67. The molecule has 0 fully saturated rings. The van der Waals surface area contributed by atoms with Gasteiger partial charge in [0, 0.05) is 47.7 Å². The summed E-state index contributed by atoms with van der Waals surface area (Å²) in [5.74, 6) is -1.00. The number of nitrogens with one attached hydrogen (secondary N) is 2. The number of hydrogen-bond donors (Lipinski definition) is 3. The molecule has 1 aliphatic rings. The van der Waals surface area contributed by atoms with Gasteiger partial charge in [0.25, 0.3) is 5.91 Å². The van der Waals surface area contributed by atoms with E-state index in [1.54, 1.807) is 12.1 Å². The van der Waals surface area contributed by atoms with Crippen molar-refractivity contribution in [3.63, 3.8) is 0 Å². The molecule has 0 saturated heterocycles. The van der Waals surface area contributed by atoms with Crippen LogP contribution in [0.4, 0.5) is 8.78 Å². The molecule has 250 valence electrons. The van der Waals surface area contributed by atoms with Gasteiger partial charge in [-0.15, -0.1) is 0 Å². The van der Waals surface area contributed by atoms with Gasteiger partial charge in [0.2, 0.25) is 5.90 Å². The molecule has 5 aromatic rings. The topological polar surface area (TPSA) is 92.2 Å². The fraction of sp³-hybridized carbons (Fsp3) is 0.179. The maximum atomic E-state index is 14.5. The van der Waals surface area contributed by atoms with E-state index >= 15 is 0 Å². The summed E-state index contributed by atoms with van der Waals surface area (Å²) < 4.78 is 41.1. The molecule has 1 aliphatic heterocycles. The molecule has 0 bridgehead atoms. The second-order valence-electron chi connectivity index (χ2n) is 11.6. The molecule has 0 aromatic heterocycles. The van der Waals surface area contributed by atoms with Crippen LogP contribution in [0.25, 0.3) is 11.1 Å². The lowest BCUT2D eigenvalue weighted by Crippen LogP contribution is -2.53. The molecule has 10 heteroatoms. The van der Waals surface area contributed by atoms with Crippen LogP contribution in [0.5, 0.6) is 5.75 Å². The zero-order valence-corrected chi connectivity index (χ0v) is 28.0. The van der Waals surface area contributed by atoms with Gasteiger partial charge >= 0.3 is 0 Å². The molecule has 2 atom stereocenters. The molecular formula is C39H34BrF2N3O4. The molecule has 0 saturated carbocycles. The summed E-state index contributed by atoms with van der Waals surface area (Å²) >= 11 is 3.49.